The largest absolute Gasteiger partial charge is 0.310 e. The second-order valence-electron chi connectivity index (χ2n) is 14.5. The lowest BCUT2D eigenvalue weighted by Gasteiger charge is -2.26. The highest BCUT2D eigenvalue weighted by Crippen LogP contribution is 2.46. The zero-order chi connectivity index (χ0) is 37.0. The van der Waals surface area contributed by atoms with Crippen LogP contribution in [0.4, 0.5) is 17.1 Å². The summed E-state index contributed by atoms with van der Waals surface area (Å²) in [5.74, 6) is 0. The van der Waals surface area contributed by atoms with Gasteiger partial charge in [-0.3, -0.25) is 0 Å². The Hall–Kier alpha value is -7.42. The third-order valence-electron chi connectivity index (χ3n) is 11.3. The Morgan fingerprint density at radius 3 is 1.57 bits per heavy atom. The molecule has 0 aliphatic carbocycles. The van der Waals surface area contributed by atoms with Crippen LogP contribution < -0.4 is 4.90 Å². The summed E-state index contributed by atoms with van der Waals surface area (Å²) in [5.41, 5.74) is 11.7. The number of rotatable bonds is 6. The fourth-order valence-electron chi connectivity index (χ4n) is 8.81. The van der Waals surface area contributed by atoms with Crippen molar-refractivity contribution in [2.75, 3.05) is 4.90 Å². The Balaban J connectivity index is 1.15. The molecular formula is C54H36N2. The van der Waals surface area contributed by atoms with Gasteiger partial charge in [0.2, 0.25) is 0 Å². The van der Waals surface area contributed by atoms with Crippen LogP contribution in [0.15, 0.2) is 218 Å². The van der Waals surface area contributed by atoms with E-state index in [1.165, 1.54) is 76.4 Å². The van der Waals surface area contributed by atoms with E-state index in [-0.39, 0.29) is 0 Å². The van der Waals surface area contributed by atoms with Crippen molar-refractivity contribution < 1.29 is 0 Å². The summed E-state index contributed by atoms with van der Waals surface area (Å²) in [5, 5.41) is 10.0. The van der Waals surface area contributed by atoms with Crippen molar-refractivity contribution in [2.24, 2.45) is 0 Å². The third kappa shape index (κ3) is 5.19. The Labute approximate surface area is 325 Å². The van der Waals surface area contributed by atoms with Crippen LogP contribution in [0.1, 0.15) is 0 Å². The van der Waals surface area contributed by atoms with E-state index in [1.54, 1.807) is 0 Å². The summed E-state index contributed by atoms with van der Waals surface area (Å²) in [4.78, 5) is 2.39. The molecule has 0 fully saturated rings. The molecule has 0 N–H and O–H groups in total. The summed E-state index contributed by atoms with van der Waals surface area (Å²) < 4.78 is 2.46. The van der Waals surface area contributed by atoms with Gasteiger partial charge in [-0.1, -0.05) is 152 Å². The van der Waals surface area contributed by atoms with E-state index in [9.17, 15) is 0 Å². The molecule has 0 atom stereocenters. The van der Waals surface area contributed by atoms with Gasteiger partial charge >= 0.3 is 0 Å². The van der Waals surface area contributed by atoms with E-state index < -0.39 is 0 Å². The molecule has 0 saturated heterocycles. The van der Waals surface area contributed by atoms with Crippen molar-refractivity contribution in [3.8, 4) is 27.9 Å². The minimum Gasteiger partial charge on any atom is -0.310 e. The van der Waals surface area contributed by atoms with Gasteiger partial charge in [0.05, 0.1) is 11.0 Å². The second kappa shape index (κ2) is 13.2. The van der Waals surface area contributed by atoms with E-state index in [2.05, 4.69) is 228 Å². The highest BCUT2D eigenvalue weighted by atomic mass is 15.1. The average Bonchev–Trinajstić information content (AvgIpc) is 3.62. The smallest absolute Gasteiger partial charge is 0.0625 e. The minimum atomic E-state index is 1.10. The molecule has 10 aromatic carbocycles. The van der Waals surface area contributed by atoms with Crippen molar-refractivity contribution in [1.82, 2.24) is 4.57 Å². The van der Waals surface area contributed by atoms with Crippen LogP contribution in [0.5, 0.6) is 0 Å². The maximum atomic E-state index is 2.46. The maximum Gasteiger partial charge on any atom is 0.0625 e. The van der Waals surface area contributed by atoms with Gasteiger partial charge in [-0.25, -0.2) is 0 Å². The average molecular weight is 713 g/mol. The van der Waals surface area contributed by atoms with Gasteiger partial charge in [0, 0.05) is 38.9 Å². The van der Waals surface area contributed by atoms with Crippen LogP contribution >= 0.6 is 0 Å². The molecule has 2 heteroatoms. The standard InChI is InChI=1S/C54H36N2/c1-4-16-37(17-5-1)50-35-40-19-11-13-25-46(40)54-53(50)51-36-44(32-33-52(51)56(54)42-22-8-3-9-23-42)55(41-20-6-2-7-21-41)43-30-28-38(29-31-43)49-34-39-18-10-12-24-45(39)47-26-14-15-27-48(47)49/h1-36H. The van der Waals surface area contributed by atoms with E-state index in [4.69, 9.17) is 0 Å². The Bertz CT molecular complexity index is 3220. The Kier molecular flexibility index (Phi) is 7.53. The van der Waals surface area contributed by atoms with Crippen molar-refractivity contribution >= 4 is 71.2 Å². The van der Waals surface area contributed by atoms with Gasteiger partial charge in [0.15, 0.2) is 0 Å². The van der Waals surface area contributed by atoms with Gasteiger partial charge in [-0.15, -0.1) is 0 Å². The number of nitrogens with zero attached hydrogens (tertiary/aromatic N) is 2. The molecular weight excluding hydrogens is 677 g/mol. The molecule has 2 nitrogen and oxygen atoms in total. The zero-order valence-corrected chi connectivity index (χ0v) is 30.7. The molecule has 0 unspecified atom stereocenters. The molecule has 1 aromatic heterocycles. The summed E-state index contributed by atoms with van der Waals surface area (Å²) in [7, 11) is 0. The van der Waals surface area contributed by atoms with Crippen molar-refractivity contribution in [1.29, 1.82) is 0 Å². The lowest BCUT2D eigenvalue weighted by atomic mass is 9.93. The van der Waals surface area contributed by atoms with Crippen LogP contribution in [0.3, 0.4) is 0 Å². The zero-order valence-electron chi connectivity index (χ0n) is 30.7. The molecule has 0 aliphatic rings. The van der Waals surface area contributed by atoms with E-state index in [0.29, 0.717) is 0 Å². The number of fused-ring (bicyclic) bond motifs is 8. The Morgan fingerprint density at radius 1 is 0.321 bits per heavy atom. The van der Waals surface area contributed by atoms with Crippen molar-refractivity contribution in [3.05, 3.63) is 218 Å². The first-order valence-corrected chi connectivity index (χ1v) is 19.3. The van der Waals surface area contributed by atoms with Crippen LogP contribution in [0.2, 0.25) is 0 Å². The lowest BCUT2D eigenvalue weighted by Crippen LogP contribution is -2.09. The lowest BCUT2D eigenvalue weighted by molar-refractivity contribution is 1.18. The van der Waals surface area contributed by atoms with Crippen LogP contribution in [0, 0.1) is 0 Å². The molecule has 0 saturated carbocycles. The topological polar surface area (TPSA) is 8.17 Å². The highest BCUT2D eigenvalue weighted by molar-refractivity contribution is 6.24. The molecule has 11 rings (SSSR count). The number of hydrogen-bond donors (Lipinski definition) is 0. The van der Waals surface area contributed by atoms with Gasteiger partial charge in [-0.05, 0) is 116 Å². The fourth-order valence-corrected chi connectivity index (χ4v) is 8.81. The molecule has 0 aliphatic heterocycles. The molecule has 0 spiro atoms. The van der Waals surface area contributed by atoms with Crippen molar-refractivity contribution in [2.45, 2.75) is 0 Å². The molecule has 11 aromatic rings. The third-order valence-corrected chi connectivity index (χ3v) is 11.3. The first kappa shape index (κ1) is 32.0. The minimum absolute atomic E-state index is 1.10. The molecule has 0 radical (unpaired) electrons. The predicted molar refractivity (Wildman–Crippen MR) is 239 cm³/mol. The molecule has 262 valence electrons. The predicted octanol–water partition coefficient (Wildman–Crippen LogP) is 15.0. The SMILES string of the molecule is c1ccc(-c2cc3ccccc3c3c2c2cc(N(c4ccccc4)c4ccc(-c5cc6ccccc6c6ccccc56)cc4)ccc2n3-c2ccccc2)cc1. The van der Waals surface area contributed by atoms with Crippen LogP contribution in [0.25, 0.3) is 82.1 Å². The summed E-state index contributed by atoms with van der Waals surface area (Å²) in [6.45, 7) is 0. The number of para-hydroxylation sites is 2. The number of anilines is 3. The first-order chi connectivity index (χ1) is 27.8. The van der Waals surface area contributed by atoms with Gasteiger partial charge < -0.3 is 9.47 Å². The molecule has 0 bridgehead atoms. The second-order valence-corrected chi connectivity index (χ2v) is 14.5. The summed E-state index contributed by atoms with van der Waals surface area (Å²) >= 11 is 0. The first-order valence-electron chi connectivity index (χ1n) is 19.3. The maximum absolute atomic E-state index is 2.46. The number of benzene rings is 10. The van der Waals surface area contributed by atoms with Crippen LogP contribution in [-0.2, 0) is 0 Å². The number of hydrogen-bond acceptors (Lipinski definition) is 1. The Morgan fingerprint density at radius 2 is 0.839 bits per heavy atom. The molecule has 0 amide bonds. The normalized spacial score (nSPS) is 11.6. The molecule has 56 heavy (non-hydrogen) atoms. The van der Waals surface area contributed by atoms with Gasteiger partial charge in [0.25, 0.3) is 0 Å². The van der Waals surface area contributed by atoms with Gasteiger partial charge in [-0.2, -0.15) is 0 Å². The number of aromatic nitrogens is 1. The van der Waals surface area contributed by atoms with E-state index in [0.717, 1.165) is 22.7 Å². The highest BCUT2D eigenvalue weighted by Gasteiger charge is 2.22. The van der Waals surface area contributed by atoms with E-state index >= 15 is 0 Å². The van der Waals surface area contributed by atoms with Crippen molar-refractivity contribution in [3.63, 3.8) is 0 Å². The summed E-state index contributed by atoms with van der Waals surface area (Å²) in [6, 6.07) is 79.4. The summed E-state index contributed by atoms with van der Waals surface area (Å²) in [6.07, 6.45) is 0. The fraction of sp³-hybridized carbons (Fsp3) is 0. The van der Waals surface area contributed by atoms with Crippen LogP contribution in [-0.4, -0.2) is 4.57 Å². The molecule has 1 heterocycles. The van der Waals surface area contributed by atoms with E-state index in [1.807, 2.05) is 0 Å². The monoisotopic (exact) mass is 712 g/mol. The quantitative estimate of drug-likeness (QED) is 0.156. The van der Waals surface area contributed by atoms with Gasteiger partial charge in [0.1, 0.15) is 0 Å².